The van der Waals surface area contributed by atoms with Gasteiger partial charge in [0.2, 0.25) is 0 Å². The number of furan rings is 1. The first-order valence-corrected chi connectivity index (χ1v) is 25.4. The van der Waals surface area contributed by atoms with Crippen LogP contribution in [0.1, 0.15) is 47.2 Å². The number of rotatable bonds is 7. The summed E-state index contributed by atoms with van der Waals surface area (Å²) in [6.45, 7) is 4.74. The Hall–Kier alpha value is -9.18. The van der Waals surface area contributed by atoms with E-state index in [2.05, 4.69) is 272 Å². The monoisotopic (exact) mass is 932 g/mol. The molecule has 13 aromatic rings. The van der Waals surface area contributed by atoms with Crippen molar-refractivity contribution in [1.29, 1.82) is 0 Å². The smallest absolute Gasteiger partial charge is 0.143 e. The highest BCUT2D eigenvalue weighted by Crippen LogP contribution is 2.60. The molecule has 15 rings (SSSR count). The molecule has 0 spiro atoms. The zero-order valence-corrected chi connectivity index (χ0v) is 40.6. The molecule has 2 aliphatic rings. The van der Waals surface area contributed by atoms with Gasteiger partial charge in [0.15, 0.2) is 0 Å². The van der Waals surface area contributed by atoms with Crippen LogP contribution < -0.4 is 4.90 Å². The number of anilines is 3. The minimum atomic E-state index is -0.710. The topological polar surface area (TPSA) is 21.3 Å². The lowest BCUT2D eigenvalue weighted by molar-refractivity contribution is 0.660. The fourth-order valence-electron chi connectivity index (χ4n) is 13.1. The molecule has 2 aromatic heterocycles. The normalized spacial score (nSPS) is 13.8. The van der Waals surface area contributed by atoms with Crippen molar-refractivity contribution in [3.8, 4) is 39.1 Å². The van der Waals surface area contributed by atoms with E-state index in [-0.39, 0.29) is 5.41 Å². The van der Waals surface area contributed by atoms with Crippen LogP contribution in [0.4, 0.5) is 17.1 Å². The fourth-order valence-corrected chi connectivity index (χ4v) is 13.1. The van der Waals surface area contributed by atoms with Gasteiger partial charge in [0, 0.05) is 55.1 Å². The highest BCUT2D eigenvalue weighted by atomic mass is 16.3. The Morgan fingerprint density at radius 1 is 0.370 bits per heavy atom. The van der Waals surface area contributed by atoms with Crippen LogP contribution >= 0.6 is 0 Å². The largest absolute Gasteiger partial charge is 0.455 e. The van der Waals surface area contributed by atoms with Gasteiger partial charge >= 0.3 is 0 Å². The van der Waals surface area contributed by atoms with Crippen LogP contribution in [0.15, 0.2) is 259 Å². The van der Waals surface area contributed by atoms with Crippen LogP contribution in [0.2, 0.25) is 0 Å². The van der Waals surface area contributed by atoms with E-state index < -0.39 is 5.41 Å². The van der Waals surface area contributed by atoms with Gasteiger partial charge in [-0.1, -0.05) is 208 Å². The Bertz CT molecular complexity index is 4270. The number of para-hydroxylation sites is 4. The van der Waals surface area contributed by atoms with Crippen LogP contribution in [0, 0.1) is 0 Å². The maximum absolute atomic E-state index is 6.67. The van der Waals surface area contributed by atoms with E-state index in [0.29, 0.717) is 0 Å². The SMILES string of the molecule is CC1(C)c2ccccc2-c2ccc(N(c3cccc(-c4cccc5c4oc4ccccc45)c3)c3ccc4c(c3)C(c3ccccc3)(c3ccccc3)c3c-4cccc3-n3c4ccccc4c4ccccc43)cc21. The summed E-state index contributed by atoms with van der Waals surface area (Å²) in [5.41, 5.74) is 22.5. The molecule has 2 aliphatic carbocycles. The van der Waals surface area contributed by atoms with Crippen LogP contribution in [-0.2, 0) is 10.8 Å². The maximum atomic E-state index is 6.67. The fraction of sp³-hybridized carbons (Fsp3) is 0.0571. The third-order valence-corrected chi connectivity index (χ3v) is 16.3. The van der Waals surface area contributed by atoms with E-state index in [1.54, 1.807) is 0 Å². The molecule has 0 saturated heterocycles. The number of hydrogen-bond donors (Lipinski definition) is 0. The molecule has 0 unspecified atom stereocenters. The number of aromatic nitrogens is 1. The van der Waals surface area contributed by atoms with Crippen molar-refractivity contribution in [3.05, 3.63) is 288 Å². The second-order valence-electron chi connectivity index (χ2n) is 20.3. The van der Waals surface area contributed by atoms with Crippen molar-refractivity contribution < 1.29 is 4.42 Å². The first-order chi connectivity index (χ1) is 36.0. The van der Waals surface area contributed by atoms with Crippen LogP contribution in [0.5, 0.6) is 0 Å². The molecule has 0 aliphatic heterocycles. The minimum Gasteiger partial charge on any atom is -0.455 e. The van der Waals surface area contributed by atoms with Gasteiger partial charge in [-0.3, -0.25) is 0 Å². The van der Waals surface area contributed by atoms with Crippen molar-refractivity contribution in [3.63, 3.8) is 0 Å². The number of nitrogens with zero attached hydrogens (tertiary/aromatic N) is 2. The standard InChI is InChI=1S/C70H48N2O/c1-69(2)60-33-13-9-26-52(60)53-40-38-49(43-61(53)69)71(48-25-17-20-45(42-48)51-30-18-32-59-57-29-12-16-37-66(57)73-68(51)59)50-39-41-54-58-31-19-36-65(72-63-34-14-10-27-55(63)56-28-11-15-35-64(56)72)67(58)70(62(54)44-50,46-21-5-3-6-22-46)47-23-7-4-8-24-47/h3-44H,1-2H3. The summed E-state index contributed by atoms with van der Waals surface area (Å²) in [7, 11) is 0. The Balaban J connectivity index is 1.01. The summed E-state index contributed by atoms with van der Waals surface area (Å²) >= 11 is 0. The third kappa shape index (κ3) is 5.88. The molecule has 73 heavy (non-hydrogen) atoms. The third-order valence-electron chi connectivity index (χ3n) is 16.3. The molecule has 2 heterocycles. The van der Waals surface area contributed by atoms with Crippen molar-refractivity contribution in [2.45, 2.75) is 24.7 Å². The van der Waals surface area contributed by atoms with Gasteiger partial charge in [0.25, 0.3) is 0 Å². The van der Waals surface area contributed by atoms with Crippen molar-refractivity contribution in [2.24, 2.45) is 0 Å². The van der Waals surface area contributed by atoms with Crippen molar-refractivity contribution in [1.82, 2.24) is 4.57 Å². The summed E-state index contributed by atoms with van der Waals surface area (Å²) in [4.78, 5) is 2.49. The molecule has 0 bridgehead atoms. The van der Waals surface area contributed by atoms with Crippen LogP contribution in [0.3, 0.4) is 0 Å². The lowest BCUT2D eigenvalue weighted by Crippen LogP contribution is -2.30. The summed E-state index contributed by atoms with van der Waals surface area (Å²) in [5, 5.41) is 4.73. The van der Waals surface area contributed by atoms with E-state index in [9.17, 15) is 0 Å². The molecule has 0 atom stereocenters. The molecule has 0 saturated carbocycles. The maximum Gasteiger partial charge on any atom is 0.143 e. The van der Waals surface area contributed by atoms with E-state index in [1.165, 1.54) is 83.1 Å². The Kier molecular flexibility index (Phi) is 8.92. The van der Waals surface area contributed by atoms with Crippen molar-refractivity contribution in [2.75, 3.05) is 4.90 Å². The average molecular weight is 933 g/mol. The first-order valence-electron chi connectivity index (χ1n) is 25.4. The first kappa shape index (κ1) is 41.6. The van der Waals surface area contributed by atoms with Crippen molar-refractivity contribution >= 4 is 60.8 Å². The molecule has 3 nitrogen and oxygen atoms in total. The Labute approximate surface area is 424 Å². The highest BCUT2D eigenvalue weighted by molar-refractivity contribution is 6.11. The van der Waals surface area contributed by atoms with Crippen LogP contribution in [0.25, 0.3) is 82.8 Å². The molecule has 0 radical (unpaired) electrons. The van der Waals surface area contributed by atoms with Gasteiger partial charge < -0.3 is 13.9 Å². The van der Waals surface area contributed by atoms with Gasteiger partial charge in [0.05, 0.1) is 22.1 Å². The molecule has 11 aromatic carbocycles. The quantitative estimate of drug-likeness (QED) is 0.159. The summed E-state index contributed by atoms with van der Waals surface area (Å²) < 4.78 is 9.18. The predicted octanol–water partition coefficient (Wildman–Crippen LogP) is 18.5. The molecular weight excluding hydrogens is 885 g/mol. The van der Waals surface area contributed by atoms with Crippen LogP contribution in [-0.4, -0.2) is 4.57 Å². The molecule has 344 valence electrons. The zero-order valence-electron chi connectivity index (χ0n) is 40.6. The Morgan fingerprint density at radius 3 is 1.62 bits per heavy atom. The van der Waals surface area contributed by atoms with Gasteiger partial charge in [-0.25, -0.2) is 0 Å². The Morgan fingerprint density at radius 2 is 0.890 bits per heavy atom. The second kappa shape index (κ2) is 15.7. The van der Waals surface area contributed by atoms with E-state index >= 15 is 0 Å². The molecule has 3 heteroatoms. The predicted molar refractivity (Wildman–Crippen MR) is 303 cm³/mol. The summed E-state index contributed by atoms with van der Waals surface area (Å²) in [6.07, 6.45) is 0. The van der Waals surface area contributed by atoms with Gasteiger partial charge in [-0.15, -0.1) is 0 Å². The second-order valence-corrected chi connectivity index (χ2v) is 20.3. The van der Waals surface area contributed by atoms with Gasteiger partial charge in [-0.2, -0.15) is 0 Å². The summed E-state index contributed by atoms with van der Waals surface area (Å²) in [5.74, 6) is 0. The number of fused-ring (bicyclic) bond motifs is 12. The highest BCUT2D eigenvalue weighted by Gasteiger charge is 2.48. The van der Waals surface area contributed by atoms with Gasteiger partial charge in [0.1, 0.15) is 11.2 Å². The number of hydrogen-bond acceptors (Lipinski definition) is 2. The minimum absolute atomic E-state index is 0.190. The summed E-state index contributed by atoms with van der Waals surface area (Å²) in [6, 6.07) is 94.3. The molecule has 0 fully saturated rings. The zero-order chi connectivity index (χ0) is 48.4. The molecule has 0 amide bonds. The lowest BCUT2D eigenvalue weighted by atomic mass is 9.67. The van der Waals surface area contributed by atoms with E-state index in [4.69, 9.17) is 4.42 Å². The van der Waals surface area contributed by atoms with E-state index in [1.807, 2.05) is 6.07 Å². The number of benzene rings is 11. The van der Waals surface area contributed by atoms with Gasteiger partial charge in [-0.05, 0) is 116 Å². The molecule has 0 N–H and O–H groups in total. The lowest BCUT2D eigenvalue weighted by Gasteiger charge is -2.36. The molecular formula is C70H48N2O. The average Bonchev–Trinajstić information content (AvgIpc) is 4.21. The van der Waals surface area contributed by atoms with E-state index in [0.717, 1.165) is 50.1 Å².